The molecule has 0 radical (unpaired) electrons. The van der Waals surface area contributed by atoms with Crippen LogP contribution < -0.4 is 14.8 Å². The van der Waals surface area contributed by atoms with Crippen LogP contribution in [0.15, 0.2) is 82.6 Å². The number of nitrogens with zero attached hydrogens (tertiary/aromatic N) is 5. The summed E-state index contributed by atoms with van der Waals surface area (Å²) in [6, 6.07) is 23.9. The molecule has 0 fully saturated rings. The molecule has 0 heterocycles. The summed E-state index contributed by atoms with van der Waals surface area (Å²) in [5.41, 5.74) is 7.55. The molecular weight excluding hydrogens is 973 g/mol. The molecule has 0 saturated carbocycles. The molecule has 0 aromatic heterocycles. The minimum Gasteiger partial charge on any atom is -0.497 e. The minimum absolute atomic E-state index is 0.102. The molecule has 0 aliphatic rings. The number of sulfonamides is 2. The van der Waals surface area contributed by atoms with Crippen LogP contribution in [0, 0.1) is 27.7 Å². The SMILES string of the molecule is CNCc1ccc(CCN(C)C)cc1.COc1cc(C)c(S(=O)(=O)N(C)CCOC(C)C(=O)N(C)Cc2ccc(CCN(C)C)cc2)c(C)c1.COc1cc(C)c(S(=O)(=O)N(C)CCOC(C)OC=O)c(C)c1. The number of nitrogens with one attached hydrogen (secondary N) is 1. The van der Waals surface area contributed by atoms with Crippen molar-refractivity contribution < 1.29 is 50.1 Å². The zero-order valence-electron chi connectivity index (χ0n) is 46.3. The molecule has 0 aliphatic carbocycles. The second-order valence-corrected chi connectivity index (χ2v) is 22.4. The van der Waals surface area contributed by atoms with Gasteiger partial charge >= 0.3 is 0 Å². The molecule has 73 heavy (non-hydrogen) atoms. The Hall–Kier alpha value is -4.96. The third kappa shape index (κ3) is 21.4. The summed E-state index contributed by atoms with van der Waals surface area (Å²) < 4.78 is 80.1. The smallest absolute Gasteiger partial charge is 0.295 e. The summed E-state index contributed by atoms with van der Waals surface area (Å²) in [6.07, 6.45) is 0.713. The summed E-state index contributed by atoms with van der Waals surface area (Å²) in [5.74, 6) is 1.08. The van der Waals surface area contributed by atoms with Crippen molar-refractivity contribution >= 4 is 32.4 Å². The van der Waals surface area contributed by atoms with Crippen LogP contribution in [0.5, 0.6) is 11.5 Å². The van der Waals surface area contributed by atoms with Crippen molar-refractivity contribution in [1.82, 2.24) is 28.6 Å². The Morgan fingerprint density at radius 1 is 0.589 bits per heavy atom. The molecule has 1 N–H and O–H groups in total. The average Bonchev–Trinajstić information content (AvgIpc) is 3.32. The normalized spacial score (nSPS) is 12.4. The number of carbonyl (C=O) groups excluding carboxylic acids is 2. The molecule has 19 heteroatoms. The third-order valence-electron chi connectivity index (χ3n) is 11.7. The van der Waals surface area contributed by atoms with E-state index in [0.717, 1.165) is 38.0 Å². The van der Waals surface area contributed by atoms with Gasteiger partial charge in [-0.1, -0.05) is 48.5 Å². The van der Waals surface area contributed by atoms with Crippen molar-refractivity contribution in [1.29, 1.82) is 0 Å². The second-order valence-electron chi connectivity index (χ2n) is 18.5. The van der Waals surface area contributed by atoms with E-state index in [9.17, 15) is 26.4 Å². The number of methoxy groups -OCH3 is 2. The quantitative estimate of drug-likeness (QED) is 0.0537. The number of likely N-dealkylation sites (N-methyl/N-ethyl adjacent to an activating group) is 5. The summed E-state index contributed by atoms with van der Waals surface area (Å²) in [7, 11) is 10.8. The van der Waals surface area contributed by atoms with Crippen LogP contribution >= 0.6 is 0 Å². The van der Waals surface area contributed by atoms with Gasteiger partial charge < -0.3 is 43.7 Å². The van der Waals surface area contributed by atoms with Crippen LogP contribution in [0.4, 0.5) is 0 Å². The van der Waals surface area contributed by atoms with E-state index in [-0.39, 0.29) is 48.5 Å². The fourth-order valence-corrected chi connectivity index (χ4v) is 10.6. The van der Waals surface area contributed by atoms with Gasteiger partial charge in [-0.3, -0.25) is 9.59 Å². The second kappa shape index (κ2) is 31.7. The lowest BCUT2D eigenvalue weighted by Gasteiger charge is -2.24. The number of amides is 1. The first-order chi connectivity index (χ1) is 34.3. The Morgan fingerprint density at radius 2 is 0.959 bits per heavy atom. The van der Waals surface area contributed by atoms with Crippen LogP contribution in [0.1, 0.15) is 58.4 Å². The highest BCUT2D eigenvalue weighted by molar-refractivity contribution is 7.89. The van der Waals surface area contributed by atoms with Crippen LogP contribution in [-0.2, 0) is 69.8 Å². The standard InChI is InChI=1S/C27H41N3O5S.C15H23NO6S.C12H20N2/c1-20-17-25(34-8)18-21(2)26(20)36(32,33)30(7)15-16-35-22(3)27(31)29(6)19-24-11-9-23(10-12-24)13-14-28(4)5;1-11-8-14(20-5)9-12(2)15(11)23(18,19)16(4)6-7-21-13(3)22-10-17;1-13-10-12-6-4-11(5-7-12)8-9-14(2)3/h9-12,17-18,22H,13-16,19H2,1-8H3;8-10,13H,6-7H2,1-5H3;4-7,13H,8-10H2,1-3H3. The van der Waals surface area contributed by atoms with Gasteiger partial charge in [0.1, 0.15) is 17.6 Å². The molecule has 0 spiro atoms. The van der Waals surface area contributed by atoms with E-state index in [1.165, 1.54) is 46.5 Å². The Morgan fingerprint density at radius 3 is 1.32 bits per heavy atom. The molecule has 4 aromatic carbocycles. The lowest BCUT2D eigenvalue weighted by molar-refractivity contribution is -0.159. The van der Waals surface area contributed by atoms with Crippen molar-refractivity contribution in [3.63, 3.8) is 0 Å². The maximum atomic E-state index is 13.1. The Kier molecular flexibility index (Phi) is 27.9. The maximum Gasteiger partial charge on any atom is 0.295 e. The van der Waals surface area contributed by atoms with E-state index >= 15 is 0 Å². The molecule has 2 atom stereocenters. The van der Waals surface area contributed by atoms with Crippen molar-refractivity contribution in [3.8, 4) is 11.5 Å². The van der Waals surface area contributed by atoms with Gasteiger partial charge in [-0.05, 0) is 158 Å². The van der Waals surface area contributed by atoms with Gasteiger partial charge in [0.25, 0.3) is 12.4 Å². The number of ether oxygens (including phenoxy) is 5. The molecule has 0 bridgehead atoms. The molecule has 408 valence electrons. The zero-order chi connectivity index (χ0) is 55.1. The highest BCUT2D eigenvalue weighted by atomic mass is 32.2. The fraction of sp³-hybridized carbons (Fsp3) is 0.519. The van der Waals surface area contributed by atoms with Gasteiger partial charge in [0.15, 0.2) is 6.29 Å². The Balaban J connectivity index is 0.000000419. The number of aryl methyl sites for hydroxylation is 4. The highest BCUT2D eigenvalue weighted by Crippen LogP contribution is 2.29. The largest absolute Gasteiger partial charge is 0.497 e. The number of hydrogen-bond donors (Lipinski definition) is 1. The van der Waals surface area contributed by atoms with E-state index in [1.54, 1.807) is 84.9 Å². The van der Waals surface area contributed by atoms with E-state index in [2.05, 4.69) is 84.4 Å². The molecule has 1 amide bonds. The van der Waals surface area contributed by atoms with Crippen molar-refractivity contribution in [2.75, 3.05) is 110 Å². The minimum atomic E-state index is -3.71. The predicted molar refractivity (Wildman–Crippen MR) is 289 cm³/mol. The predicted octanol–water partition coefficient (Wildman–Crippen LogP) is 6.08. The summed E-state index contributed by atoms with van der Waals surface area (Å²) >= 11 is 0. The first-order valence-corrected chi connectivity index (χ1v) is 27.1. The molecule has 17 nitrogen and oxygen atoms in total. The van der Waals surface area contributed by atoms with Crippen LogP contribution in [0.2, 0.25) is 0 Å². The van der Waals surface area contributed by atoms with Gasteiger partial charge in [0.2, 0.25) is 20.0 Å². The lowest BCUT2D eigenvalue weighted by atomic mass is 10.1. The number of benzene rings is 4. The maximum absolute atomic E-state index is 13.1. The molecular formula is C54H84N6O11S2. The van der Waals surface area contributed by atoms with Gasteiger partial charge in [-0.15, -0.1) is 0 Å². The van der Waals surface area contributed by atoms with E-state index in [1.807, 2.05) is 19.2 Å². The number of hydrogen-bond acceptors (Lipinski definition) is 14. The van der Waals surface area contributed by atoms with Crippen molar-refractivity contribution in [2.24, 2.45) is 0 Å². The van der Waals surface area contributed by atoms with Crippen molar-refractivity contribution in [3.05, 3.63) is 117 Å². The van der Waals surface area contributed by atoms with E-state index in [4.69, 9.17) is 18.9 Å². The molecule has 4 aromatic rings. The fourth-order valence-electron chi connectivity index (χ4n) is 7.52. The van der Waals surface area contributed by atoms with Crippen LogP contribution in [0.3, 0.4) is 0 Å². The molecule has 0 saturated heterocycles. The van der Waals surface area contributed by atoms with Gasteiger partial charge in [-0.2, -0.15) is 8.61 Å². The Bertz CT molecular complexity index is 2480. The van der Waals surface area contributed by atoms with Crippen molar-refractivity contribution in [2.45, 2.75) is 89.7 Å². The summed E-state index contributed by atoms with van der Waals surface area (Å²) in [4.78, 5) is 29.5. The molecule has 2 unspecified atom stereocenters. The summed E-state index contributed by atoms with van der Waals surface area (Å²) in [5, 5.41) is 3.15. The Labute approximate surface area is 437 Å². The molecule has 4 rings (SSSR count). The number of carbonyl (C=O) groups is 2. The average molecular weight is 1060 g/mol. The lowest BCUT2D eigenvalue weighted by Crippen LogP contribution is -2.38. The topological polar surface area (TPSA) is 177 Å². The van der Waals surface area contributed by atoms with Gasteiger partial charge in [0, 0.05) is 60.4 Å². The van der Waals surface area contributed by atoms with Crippen LogP contribution in [0.25, 0.3) is 0 Å². The van der Waals surface area contributed by atoms with Gasteiger partial charge in [0.05, 0.1) is 37.2 Å². The van der Waals surface area contributed by atoms with Crippen LogP contribution in [-0.4, -0.2) is 175 Å². The monoisotopic (exact) mass is 1060 g/mol. The molecule has 0 aliphatic heterocycles. The van der Waals surface area contributed by atoms with E-state index < -0.39 is 32.4 Å². The highest BCUT2D eigenvalue weighted by Gasteiger charge is 2.27. The number of rotatable bonds is 27. The zero-order valence-corrected chi connectivity index (χ0v) is 47.9. The first-order valence-electron chi connectivity index (χ1n) is 24.2. The first kappa shape index (κ1) is 64.2. The van der Waals surface area contributed by atoms with E-state index in [0.29, 0.717) is 40.3 Å². The van der Waals surface area contributed by atoms with Gasteiger partial charge in [-0.25, -0.2) is 16.8 Å². The summed E-state index contributed by atoms with van der Waals surface area (Å²) in [6.45, 7) is 14.5. The third-order valence-corrected chi connectivity index (χ3v) is 16.0.